The fourth-order valence-electron chi connectivity index (χ4n) is 1.47. The Hall–Kier alpha value is -1.32. The Kier molecular flexibility index (Phi) is 2.81. The molecule has 1 heterocycles. The van der Waals surface area contributed by atoms with Gasteiger partial charge in [-0.25, -0.2) is 0 Å². The first kappa shape index (κ1) is 9.24. The minimum Gasteiger partial charge on any atom is -0.467 e. The molecule has 2 N–H and O–H groups in total. The molecule has 3 heteroatoms. The fraction of sp³-hybridized carbons (Fsp3) is 0.273. The summed E-state index contributed by atoms with van der Waals surface area (Å²) in [6.07, 6.45) is 3.92. The van der Waals surface area contributed by atoms with Crippen molar-refractivity contribution in [1.82, 2.24) is 0 Å². The van der Waals surface area contributed by atoms with Crippen molar-refractivity contribution in [3.8, 4) is 5.75 Å². The van der Waals surface area contributed by atoms with Crippen molar-refractivity contribution in [2.45, 2.75) is 6.61 Å². The van der Waals surface area contributed by atoms with Crippen LogP contribution >= 0.6 is 0 Å². The lowest BCUT2D eigenvalue weighted by Gasteiger charge is -2.19. The largest absolute Gasteiger partial charge is 0.467 e. The van der Waals surface area contributed by atoms with E-state index in [1.165, 1.54) is 0 Å². The van der Waals surface area contributed by atoms with Gasteiger partial charge in [0.1, 0.15) is 5.75 Å². The van der Waals surface area contributed by atoms with Gasteiger partial charge >= 0.3 is 0 Å². The standard InChI is InChI=1S/C11H13NO2/c12-6-2-4-9-3-1-5-11-10(9)7-13-8-14-11/h1-5H,6-8,12H2/b4-2+. The average Bonchev–Trinajstić information content (AvgIpc) is 2.26. The lowest BCUT2D eigenvalue weighted by Crippen LogP contribution is -2.12. The zero-order valence-corrected chi connectivity index (χ0v) is 7.90. The smallest absolute Gasteiger partial charge is 0.189 e. The molecule has 0 spiro atoms. The van der Waals surface area contributed by atoms with Crippen molar-refractivity contribution >= 4 is 6.08 Å². The van der Waals surface area contributed by atoms with Gasteiger partial charge < -0.3 is 15.2 Å². The molecule has 74 valence electrons. The van der Waals surface area contributed by atoms with E-state index >= 15 is 0 Å². The Labute approximate surface area is 83.1 Å². The Bertz CT molecular complexity index is 347. The lowest BCUT2D eigenvalue weighted by atomic mass is 10.1. The highest BCUT2D eigenvalue weighted by Crippen LogP contribution is 2.27. The van der Waals surface area contributed by atoms with Crippen LogP contribution in [0.25, 0.3) is 6.08 Å². The van der Waals surface area contributed by atoms with Crippen LogP contribution < -0.4 is 10.5 Å². The maximum Gasteiger partial charge on any atom is 0.189 e. The molecule has 1 aromatic rings. The van der Waals surface area contributed by atoms with Crippen molar-refractivity contribution in [3.63, 3.8) is 0 Å². The molecule has 0 saturated carbocycles. The van der Waals surface area contributed by atoms with Crippen LogP contribution in [0.2, 0.25) is 0 Å². The first-order valence-electron chi connectivity index (χ1n) is 4.61. The van der Waals surface area contributed by atoms with Crippen LogP contribution in [0.1, 0.15) is 11.1 Å². The van der Waals surface area contributed by atoms with Crippen LogP contribution in [0.15, 0.2) is 24.3 Å². The van der Waals surface area contributed by atoms with Gasteiger partial charge in [0.2, 0.25) is 0 Å². The maximum atomic E-state index is 5.40. The Morgan fingerprint density at radius 1 is 1.43 bits per heavy atom. The van der Waals surface area contributed by atoms with Gasteiger partial charge in [0.25, 0.3) is 0 Å². The Morgan fingerprint density at radius 3 is 3.21 bits per heavy atom. The molecule has 0 bridgehead atoms. The van der Waals surface area contributed by atoms with Gasteiger partial charge in [0.05, 0.1) is 6.61 Å². The van der Waals surface area contributed by atoms with Crippen LogP contribution in [0, 0.1) is 0 Å². The highest BCUT2D eigenvalue weighted by molar-refractivity contribution is 5.58. The molecule has 14 heavy (non-hydrogen) atoms. The lowest BCUT2D eigenvalue weighted by molar-refractivity contribution is -0.0164. The van der Waals surface area contributed by atoms with Crippen molar-refractivity contribution in [2.75, 3.05) is 13.3 Å². The second kappa shape index (κ2) is 4.26. The Balaban J connectivity index is 2.35. The summed E-state index contributed by atoms with van der Waals surface area (Å²) in [6.45, 7) is 1.50. The number of benzene rings is 1. The van der Waals surface area contributed by atoms with Crippen molar-refractivity contribution < 1.29 is 9.47 Å². The van der Waals surface area contributed by atoms with E-state index in [0.717, 1.165) is 16.9 Å². The second-order valence-electron chi connectivity index (χ2n) is 3.07. The number of hydrogen-bond donors (Lipinski definition) is 1. The van der Waals surface area contributed by atoms with Crippen LogP contribution in [0.4, 0.5) is 0 Å². The zero-order chi connectivity index (χ0) is 9.80. The van der Waals surface area contributed by atoms with Crippen molar-refractivity contribution in [2.24, 2.45) is 5.73 Å². The quantitative estimate of drug-likeness (QED) is 0.770. The predicted molar refractivity (Wildman–Crippen MR) is 54.8 cm³/mol. The highest BCUT2D eigenvalue weighted by atomic mass is 16.7. The summed E-state index contributed by atoms with van der Waals surface area (Å²) >= 11 is 0. The highest BCUT2D eigenvalue weighted by Gasteiger charge is 2.12. The van der Waals surface area contributed by atoms with Crippen LogP contribution in [-0.2, 0) is 11.3 Å². The van der Waals surface area contributed by atoms with E-state index in [4.69, 9.17) is 15.2 Å². The van der Waals surface area contributed by atoms with Gasteiger partial charge in [0.15, 0.2) is 6.79 Å². The molecule has 3 nitrogen and oxygen atoms in total. The van der Waals surface area contributed by atoms with Crippen molar-refractivity contribution in [1.29, 1.82) is 0 Å². The summed E-state index contributed by atoms with van der Waals surface area (Å²) in [7, 11) is 0. The van der Waals surface area contributed by atoms with Gasteiger partial charge in [-0.05, 0) is 11.6 Å². The Morgan fingerprint density at radius 2 is 2.36 bits per heavy atom. The minimum atomic E-state index is 0.344. The van der Waals surface area contributed by atoms with Crippen LogP contribution in [0.3, 0.4) is 0 Å². The van der Waals surface area contributed by atoms with E-state index in [2.05, 4.69) is 0 Å². The monoisotopic (exact) mass is 191 g/mol. The molecule has 0 radical (unpaired) electrons. The number of ether oxygens (including phenoxy) is 2. The molecule has 0 unspecified atom stereocenters. The van der Waals surface area contributed by atoms with Crippen molar-refractivity contribution in [3.05, 3.63) is 35.4 Å². The van der Waals surface area contributed by atoms with Crippen LogP contribution in [-0.4, -0.2) is 13.3 Å². The fourth-order valence-corrected chi connectivity index (χ4v) is 1.47. The predicted octanol–water partition coefficient (Wildman–Crippen LogP) is 1.53. The van der Waals surface area contributed by atoms with E-state index in [-0.39, 0.29) is 0 Å². The zero-order valence-electron chi connectivity index (χ0n) is 7.90. The third kappa shape index (κ3) is 1.78. The number of nitrogens with two attached hydrogens (primary N) is 1. The van der Waals surface area contributed by atoms with Gasteiger partial charge in [-0.15, -0.1) is 0 Å². The topological polar surface area (TPSA) is 44.5 Å². The van der Waals surface area contributed by atoms with Gasteiger partial charge in [0, 0.05) is 12.1 Å². The van der Waals surface area contributed by atoms with E-state index in [1.54, 1.807) is 0 Å². The van der Waals surface area contributed by atoms with E-state index in [0.29, 0.717) is 19.9 Å². The van der Waals surface area contributed by atoms with E-state index < -0.39 is 0 Å². The molecule has 1 aliphatic heterocycles. The number of hydrogen-bond acceptors (Lipinski definition) is 3. The molecule has 0 amide bonds. The molecule has 0 aliphatic carbocycles. The summed E-state index contributed by atoms with van der Waals surface area (Å²) in [6, 6.07) is 5.96. The number of fused-ring (bicyclic) bond motifs is 1. The summed E-state index contributed by atoms with van der Waals surface area (Å²) in [4.78, 5) is 0. The molecule has 1 aromatic carbocycles. The normalized spacial score (nSPS) is 15.2. The molecule has 0 saturated heterocycles. The molecule has 1 aliphatic rings. The first-order chi connectivity index (χ1) is 6.92. The molecular formula is C11H13NO2. The van der Waals surface area contributed by atoms with Gasteiger partial charge in [-0.3, -0.25) is 0 Å². The number of rotatable bonds is 2. The maximum absolute atomic E-state index is 5.40. The summed E-state index contributed by atoms with van der Waals surface area (Å²) in [5, 5.41) is 0. The summed E-state index contributed by atoms with van der Waals surface area (Å²) in [5.74, 6) is 0.912. The second-order valence-corrected chi connectivity index (χ2v) is 3.07. The first-order valence-corrected chi connectivity index (χ1v) is 4.61. The molecule has 0 atom stereocenters. The molecular weight excluding hydrogens is 178 g/mol. The summed E-state index contributed by atoms with van der Waals surface area (Å²) < 4.78 is 10.6. The van der Waals surface area contributed by atoms with Crippen LogP contribution in [0.5, 0.6) is 5.75 Å². The SMILES string of the molecule is NC/C=C/c1cccc2c1COCO2. The van der Waals surface area contributed by atoms with E-state index in [1.807, 2.05) is 30.4 Å². The third-order valence-electron chi connectivity index (χ3n) is 2.15. The molecule has 0 fully saturated rings. The van der Waals surface area contributed by atoms with E-state index in [9.17, 15) is 0 Å². The molecule has 2 rings (SSSR count). The molecule has 0 aromatic heterocycles. The van der Waals surface area contributed by atoms with Gasteiger partial charge in [-0.1, -0.05) is 24.3 Å². The summed E-state index contributed by atoms with van der Waals surface area (Å²) in [5.41, 5.74) is 7.62. The average molecular weight is 191 g/mol. The third-order valence-corrected chi connectivity index (χ3v) is 2.15. The minimum absolute atomic E-state index is 0.344. The van der Waals surface area contributed by atoms with Gasteiger partial charge in [-0.2, -0.15) is 0 Å².